The van der Waals surface area contributed by atoms with Gasteiger partial charge in [0.15, 0.2) is 0 Å². The van der Waals surface area contributed by atoms with Crippen LogP contribution in [0.1, 0.15) is 23.1 Å². The first-order chi connectivity index (χ1) is 15.0. The van der Waals surface area contributed by atoms with Crippen LogP contribution in [0.4, 0.5) is 10.3 Å². The van der Waals surface area contributed by atoms with Crippen LogP contribution in [0.3, 0.4) is 0 Å². The number of anilines is 1. The molecule has 0 aliphatic carbocycles. The summed E-state index contributed by atoms with van der Waals surface area (Å²) in [5.41, 5.74) is 5.43. The summed E-state index contributed by atoms with van der Waals surface area (Å²) in [6.45, 7) is 3.72. The Morgan fingerprint density at radius 3 is 2.58 bits per heavy atom. The van der Waals surface area contributed by atoms with E-state index >= 15 is 0 Å². The zero-order chi connectivity index (χ0) is 21.8. The fourth-order valence-corrected chi connectivity index (χ4v) is 3.47. The molecule has 0 aliphatic heterocycles. The van der Waals surface area contributed by atoms with E-state index in [1.807, 2.05) is 37.3 Å². The zero-order valence-corrected chi connectivity index (χ0v) is 17.4. The van der Waals surface area contributed by atoms with Crippen molar-refractivity contribution in [2.75, 3.05) is 5.32 Å². The molecule has 4 rings (SSSR count). The molecule has 0 saturated heterocycles. The van der Waals surface area contributed by atoms with Crippen molar-refractivity contribution < 1.29 is 13.7 Å². The second-order valence-electron chi connectivity index (χ2n) is 7.47. The third kappa shape index (κ3) is 4.69. The number of nitrogens with zero attached hydrogens (tertiary/aromatic N) is 2. The standard InChI is InChI=1S/C25H22FN3O2/c1-16-4-3-5-18(14-16)6-9-22(30)28-25-23(19-10-12-27-13-11-19)24(29-31-25)20-7-8-21(26)17(2)15-20/h3-5,7-8,10-15H,6,9H2,1-2H3,(H,28,30). The minimum Gasteiger partial charge on any atom is -0.337 e. The van der Waals surface area contributed by atoms with Gasteiger partial charge in [-0.05, 0) is 67.3 Å². The van der Waals surface area contributed by atoms with Crippen LogP contribution in [0.25, 0.3) is 22.4 Å². The fraction of sp³-hybridized carbons (Fsp3) is 0.160. The first kappa shape index (κ1) is 20.5. The van der Waals surface area contributed by atoms with Crippen LogP contribution < -0.4 is 5.32 Å². The SMILES string of the molecule is Cc1cccc(CCC(=O)Nc2onc(-c3ccc(F)c(C)c3)c2-c2ccncc2)c1. The number of carbonyl (C=O) groups excluding carboxylic acids is 1. The highest BCUT2D eigenvalue weighted by Gasteiger charge is 2.21. The van der Waals surface area contributed by atoms with Gasteiger partial charge in [-0.3, -0.25) is 15.1 Å². The molecule has 1 N–H and O–H groups in total. The molecule has 0 radical (unpaired) electrons. The van der Waals surface area contributed by atoms with E-state index in [1.54, 1.807) is 31.5 Å². The number of amides is 1. The zero-order valence-electron chi connectivity index (χ0n) is 17.4. The lowest BCUT2D eigenvalue weighted by atomic mass is 10.0. The Morgan fingerprint density at radius 2 is 1.84 bits per heavy atom. The Bertz CT molecular complexity index is 1220. The molecule has 31 heavy (non-hydrogen) atoms. The fourth-order valence-electron chi connectivity index (χ4n) is 3.47. The molecule has 2 aromatic carbocycles. The maximum atomic E-state index is 13.8. The summed E-state index contributed by atoms with van der Waals surface area (Å²) < 4.78 is 19.3. The Labute approximate surface area is 179 Å². The van der Waals surface area contributed by atoms with Crippen LogP contribution in [-0.4, -0.2) is 16.0 Å². The lowest BCUT2D eigenvalue weighted by Gasteiger charge is -2.07. The van der Waals surface area contributed by atoms with Gasteiger partial charge in [0.2, 0.25) is 11.8 Å². The highest BCUT2D eigenvalue weighted by Crippen LogP contribution is 2.38. The molecule has 0 atom stereocenters. The third-order valence-corrected chi connectivity index (χ3v) is 5.07. The van der Waals surface area contributed by atoms with E-state index in [9.17, 15) is 9.18 Å². The minimum atomic E-state index is -0.289. The van der Waals surface area contributed by atoms with Crippen molar-refractivity contribution in [1.82, 2.24) is 10.1 Å². The van der Waals surface area contributed by atoms with Crippen molar-refractivity contribution in [1.29, 1.82) is 0 Å². The summed E-state index contributed by atoms with van der Waals surface area (Å²) in [4.78, 5) is 16.7. The van der Waals surface area contributed by atoms with E-state index in [1.165, 1.54) is 6.07 Å². The van der Waals surface area contributed by atoms with Gasteiger partial charge in [-0.1, -0.05) is 35.0 Å². The maximum Gasteiger partial charge on any atom is 0.239 e. The molecule has 2 heterocycles. The number of aromatic nitrogens is 2. The Hall–Kier alpha value is -3.80. The quantitative estimate of drug-likeness (QED) is 0.437. The van der Waals surface area contributed by atoms with E-state index in [0.29, 0.717) is 35.2 Å². The number of aryl methyl sites for hydroxylation is 3. The van der Waals surface area contributed by atoms with Gasteiger partial charge in [0.05, 0.1) is 5.56 Å². The molecule has 6 heteroatoms. The molecule has 1 amide bonds. The van der Waals surface area contributed by atoms with Crippen LogP contribution in [0.5, 0.6) is 0 Å². The lowest BCUT2D eigenvalue weighted by molar-refractivity contribution is -0.116. The Balaban J connectivity index is 1.62. The van der Waals surface area contributed by atoms with E-state index in [0.717, 1.165) is 16.7 Å². The average Bonchev–Trinajstić information content (AvgIpc) is 3.18. The molecule has 0 aliphatic rings. The molecule has 0 saturated carbocycles. The Kier molecular flexibility index (Phi) is 5.89. The number of hydrogen-bond donors (Lipinski definition) is 1. The van der Waals surface area contributed by atoms with Crippen molar-refractivity contribution in [3.63, 3.8) is 0 Å². The van der Waals surface area contributed by atoms with Gasteiger partial charge in [-0.15, -0.1) is 0 Å². The van der Waals surface area contributed by atoms with E-state index in [-0.39, 0.29) is 17.6 Å². The molecule has 0 bridgehead atoms. The summed E-state index contributed by atoms with van der Waals surface area (Å²) >= 11 is 0. The van der Waals surface area contributed by atoms with E-state index in [4.69, 9.17) is 4.52 Å². The van der Waals surface area contributed by atoms with Crippen LogP contribution in [-0.2, 0) is 11.2 Å². The highest BCUT2D eigenvalue weighted by molar-refractivity contribution is 5.97. The predicted molar refractivity (Wildman–Crippen MR) is 118 cm³/mol. The van der Waals surface area contributed by atoms with Crippen molar-refractivity contribution in [3.05, 3.63) is 89.5 Å². The van der Waals surface area contributed by atoms with Crippen LogP contribution in [0, 0.1) is 19.7 Å². The van der Waals surface area contributed by atoms with Crippen molar-refractivity contribution >= 4 is 11.8 Å². The molecule has 156 valence electrons. The molecule has 4 aromatic rings. The minimum absolute atomic E-state index is 0.171. The molecule has 0 fully saturated rings. The maximum absolute atomic E-state index is 13.8. The number of hydrogen-bond acceptors (Lipinski definition) is 4. The normalized spacial score (nSPS) is 10.8. The number of halogens is 1. The molecular formula is C25H22FN3O2. The first-order valence-electron chi connectivity index (χ1n) is 10.0. The lowest BCUT2D eigenvalue weighted by Crippen LogP contribution is -2.12. The topological polar surface area (TPSA) is 68.0 Å². The summed E-state index contributed by atoms with van der Waals surface area (Å²) in [6.07, 6.45) is 4.25. The molecule has 5 nitrogen and oxygen atoms in total. The highest BCUT2D eigenvalue weighted by atomic mass is 19.1. The van der Waals surface area contributed by atoms with Gasteiger partial charge in [0.1, 0.15) is 11.5 Å². The number of rotatable bonds is 6. The van der Waals surface area contributed by atoms with E-state index < -0.39 is 0 Å². The number of nitrogens with one attached hydrogen (secondary N) is 1. The number of benzene rings is 2. The smallest absolute Gasteiger partial charge is 0.239 e. The van der Waals surface area contributed by atoms with Gasteiger partial charge >= 0.3 is 0 Å². The average molecular weight is 415 g/mol. The van der Waals surface area contributed by atoms with Crippen molar-refractivity contribution in [2.24, 2.45) is 0 Å². The van der Waals surface area contributed by atoms with Gasteiger partial charge in [-0.25, -0.2) is 4.39 Å². The predicted octanol–water partition coefficient (Wildman–Crippen LogP) is 5.73. The van der Waals surface area contributed by atoms with Crippen LogP contribution in [0.15, 0.2) is 71.5 Å². The van der Waals surface area contributed by atoms with Crippen molar-refractivity contribution in [3.8, 4) is 22.4 Å². The first-order valence-corrected chi connectivity index (χ1v) is 10.0. The molecular weight excluding hydrogens is 393 g/mol. The molecule has 0 unspecified atom stereocenters. The largest absolute Gasteiger partial charge is 0.337 e. The van der Waals surface area contributed by atoms with Crippen LogP contribution in [0.2, 0.25) is 0 Å². The summed E-state index contributed by atoms with van der Waals surface area (Å²) in [5, 5.41) is 7.03. The van der Waals surface area contributed by atoms with Crippen molar-refractivity contribution in [2.45, 2.75) is 26.7 Å². The van der Waals surface area contributed by atoms with Crippen LogP contribution >= 0.6 is 0 Å². The van der Waals surface area contributed by atoms with Gasteiger partial charge in [0, 0.05) is 24.4 Å². The number of pyridine rings is 1. The molecule has 0 spiro atoms. The second-order valence-corrected chi connectivity index (χ2v) is 7.47. The van der Waals surface area contributed by atoms with Gasteiger partial charge in [-0.2, -0.15) is 0 Å². The third-order valence-electron chi connectivity index (χ3n) is 5.07. The summed E-state index contributed by atoms with van der Waals surface area (Å²) in [6, 6.07) is 16.5. The van der Waals surface area contributed by atoms with Gasteiger partial charge in [0.25, 0.3) is 0 Å². The summed E-state index contributed by atoms with van der Waals surface area (Å²) in [7, 11) is 0. The number of carbonyl (C=O) groups is 1. The molecule has 2 aromatic heterocycles. The summed E-state index contributed by atoms with van der Waals surface area (Å²) in [5.74, 6) is -0.199. The van der Waals surface area contributed by atoms with E-state index in [2.05, 4.69) is 21.5 Å². The second kappa shape index (κ2) is 8.92. The monoisotopic (exact) mass is 415 g/mol. The van der Waals surface area contributed by atoms with Gasteiger partial charge < -0.3 is 4.52 Å². The Morgan fingerprint density at radius 1 is 1.03 bits per heavy atom.